The highest BCUT2D eigenvalue weighted by Crippen LogP contribution is 2.28. The Bertz CT molecular complexity index is 979. The van der Waals surface area contributed by atoms with Crippen LogP contribution in [-0.4, -0.2) is 23.0 Å². The molecular formula is C21H21ClN4O2. The molecule has 3 aromatic rings. The highest BCUT2D eigenvalue weighted by Gasteiger charge is 2.14. The monoisotopic (exact) mass is 396 g/mol. The highest BCUT2D eigenvalue weighted by molar-refractivity contribution is 6.32. The second-order valence-corrected chi connectivity index (χ2v) is 6.67. The van der Waals surface area contributed by atoms with Gasteiger partial charge < -0.3 is 15.4 Å². The maximum absolute atomic E-state index is 12.7. The van der Waals surface area contributed by atoms with Gasteiger partial charge in [0.25, 0.3) is 5.91 Å². The molecule has 0 fully saturated rings. The molecule has 0 aliphatic carbocycles. The van der Waals surface area contributed by atoms with Crippen molar-refractivity contribution < 1.29 is 9.53 Å². The zero-order chi connectivity index (χ0) is 20.1. The fraction of sp³-hybridized carbons (Fsp3) is 0.190. The molecular weight excluding hydrogens is 376 g/mol. The van der Waals surface area contributed by atoms with E-state index in [0.29, 0.717) is 22.4 Å². The number of aryl methyl sites for hydroxylation is 1. The Hall–Kier alpha value is -3.12. The zero-order valence-electron chi connectivity index (χ0n) is 15.9. The van der Waals surface area contributed by atoms with Crippen LogP contribution in [0, 0.1) is 6.92 Å². The lowest BCUT2D eigenvalue weighted by Gasteiger charge is -2.15. The van der Waals surface area contributed by atoms with Crippen LogP contribution < -0.4 is 15.4 Å². The Morgan fingerprint density at radius 2 is 1.86 bits per heavy atom. The lowest BCUT2D eigenvalue weighted by molar-refractivity contribution is 0.0934. The van der Waals surface area contributed by atoms with E-state index in [9.17, 15) is 4.79 Å². The molecule has 0 spiro atoms. The van der Waals surface area contributed by atoms with Crippen molar-refractivity contribution in [1.29, 1.82) is 0 Å². The number of amides is 1. The summed E-state index contributed by atoms with van der Waals surface area (Å²) in [5, 5.41) is 6.59. The number of hydrogen-bond donors (Lipinski definition) is 2. The molecule has 0 saturated heterocycles. The van der Waals surface area contributed by atoms with E-state index in [0.717, 1.165) is 11.3 Å². The molecule has 7 heteroatoms. The summed E-state index contributed by atoms with van der Waals surface area (Å²) in [4.78, 5) is 21.3. The highest BCUT2D eigenvalue weighted by atomic mass is 35.5. The molecule has 6 nitrogen and oxygen atoms in total. The molecule has 1 unspecified atom stereocenters. The van der Waals surface area contributed by atoms with Gasteiger partial charge in [0.2, 0.25) is 0 Å². The first-order chi connectivity index (χ1) is 13.5. The smallest absolute Gasteiger partial charge is 0.270 e. The van der Waals surface area contributed by atoms with Gasteiger partial charge in [0.1, 0.15) is 23.1 Å². The van der Waals surface area contributed by atoms with Crippen molar-refractivity contribution in [2.75, 3.05) is 12.4 Å². The number of aromatic nitrogens is 2. The molecule has 1 amide bonds. The summed E-state index contributed by atoms with van der Waals surface area (Å²) < 4.78 is 5.15. The summed E-state index contributed by atoms with van der Waals surface area (Å²) >= 11 is 6.16. The fourth-order valence-electron chi connectivity index (χ4n) is 2.74. The van der Waals surface area contributed by atoms with Crippen LogP contribution in [0.25, 0.3) is 0 Å². The van der Waals surface area contributed by atoms with Crippen LogP contribution in [0.3, 0.4) is 0 Å². The first kappa shape index (κ1) is 19.6. The van der Waals surface area contributed by atoms with Gasteiger partial charge >= 0.3 is 0 Å². The fourth-order valence-corrected chi connectivity index (χ4v) is 2.99. The lowest BCUT2D eigenvalue weighted by Crippen LogP contribution is -2.27. The number of nitrogens with one attached hydrogen (secondary N) is 2. The van der Waals surface area contributed by atoms with Crippen LogP contribution in [0.4, 0.5) is 11.5 Å². The van der Waals surface area contributed by atoms with Crippen LogP contribution in [-0.2, 0) is 0 Å². The lowest BCUT2D eigenvalue weighted by atomic mass is 10.1. The second-order valence-electron chi connectivity index (χ2n) is 6.27. The quantitative estimate of drug-likeness (QED) is 0.632. The Labute approximate surface area is 168 Å². The van der Waals surface area contributed by atoms with E-state index < -0.39 is 0 Å². The van der Waals surface area contributed by atoms with Crippen LogP contribution >= 0.6 is 11.6 Å². The minimum Gasteiger partial charge on any atom is -0.495 e. The Balaban J connectivity index is 1.77. The first-order valence-corrected chi connectivity index (χ1v) is 9.16. The van der Waals surface area contributed by atoms with Crippen molar-refractivity contribution in [3.63, 3.8) is 0 Å². The van der Waals surface area contributed by atoms with Gasteiger partial charge in [0, 0.05) is 11.8 Å². The molecule has 3 rings (SSSR count). The molecule has 0 aliphatic rings. The molecule has 0 aliphatic heterocycles. The molecule has 1 atom stereocenters. The van der Waals surface area contributed by atoms with Crippen molar-refractivity contribution in [2.24, 2.45) is 0 Å². The summed E-state index contributed by atoms with van der Waals surface area (Å²) in [5.41, 5.74) is 2.04. The van der Waals surface area contributed by atoms with Crippen LogP contribution in [0.2, 0.25) is 5.02 Å². The number of anilines is 2. The molecule has 0 radical (unpaired) electrons. The number of hydrogen-bond acceptors (Lipinski definition) is 5. The van der Waals surface area contributed by atoms with E-state index in [2.05, 4.69) is 20.6 Å². The topological polar surface area (TPSA) is 76.1 Å². The van der Waals surface area contributed by atoms with E-state index in [1.165, 1.54) is 0 Å². The van der Waals surface area contributed by atoms with Crippen molar-refractivity contribution in [3.8, 4) is 5.75 Å². The van der Waals surface area contributed by atoms with E-state index in [4.69, 9.17) is 16.3 Å². The average molecular weight is 397 g/mol. The number of carbonyl (C=O) groups excluding carboxylic acids is 1. The third kappa shape index (κ3) is 4.78. The largest absolute Gasteiger partial charge is 0.495 e. The first-order valence-electron chi connectivity index (χ1n) is 8.78. The van der Waals surface area contributed by atoms with Gasteiger partial charge in [-0.3, -0.25) is 4.79 Å². The minimum absolute atomic E-state index is 0.138. The number of methoxy groups -OCH3 is 1. The predicted octanol–water partition coefficient (Wildman–Crippen LogP) is 4.68. The number of carbonyl (C=O) groups is 1. The third-order valence-corrected chi connectivity index (χ3v) is 4.44. The van der Waals surface area contributed by atoms with Crippen molar-refractivity contribution in [1.82, 2.24) is 15.3 Å². The standard InChI is InChI=1S/C21H21ClN4O2/c1-13(15-7-5-4-6-8-15)23-21(27)18-12-20(25-14(2)24-18)26-16-9-10-19(28-3)17(22)11-16/h4-13H,1-3H3,(H,23,27)(H,24,25,26). The summed E-state index contributed by atoms with van der Waals surface area (Å²) in [6.45, 7) is 3.67. The van der Waals surface area contributed by atoms with Crippen LogP contribution in [0.1, 0.15) is 34.8 Å². The minimum atomic E-state index is -0.266. The van der Waals surface area contributed by atoms with Gasteiger partial charge in [-0.15, -0.1) is 0 Å². The Morgan fingerprint density at radius 1 is 1.11 bits per heavy atom. The molecule has 28 heavy (non-hydrogen) atoms. The predicted molar refractivity (Wildman–Crippen MR) is 110 cm³/mol. The Morgan fingerprint density at radius 3 is 2.54 bits per heavy atom. The van der Waals surface area contributed by atoms with Gasteiger partial charge in [-0.2, -0.15) is 0 Å². The molecule has 2 aromatic carbocycles. The van der Waals surface area contributed by atoms with Crippen LogP contribution in [0.15, 0.2) is 54.6 Å². The number of benzene rings is 2. The Kier molecular flexibility index (Phi) is 6.11. The van der Waals surface area contributed by atoms with Crippen molar-refractivity contribution in [2.45, 2.75) is 19.9 Å². The van der Waals surface area contributed by atoms with Crippen molar-refractivity contribution >= 4 is 29.0 Å². The number of rotatable bonds is 6. The van der Waals surface area contributed by atoms with Crippen LogP contribution in [0.5, 0.6) is 5.75 Å². The van der Waals surface area contributed by atoms with Gasteiger partial charge in [-0.1, -0.05) is 41.9 Å². The van der Waals surface area contributed by atoms with E-state index in [1.54, 1.807) is 32.2 Å². The summed E-state index contributed by atoms with van der Waals surface area (Å²) in [5.74, 6) is 1.31. The number of nitrogens with zero attached hydrogens (tertiary/aromatic N) is 2. The maximum Gasteiger partial charge on any atom is 0.270 e. The van der Waals surface area contributed by atoms with Gasteiger partial charge in [0.05, 0.1) is 18.2 Å². The summed E-state index contributed by atoms with van der Waals surface area (Å²) in [6, 6.07) is 16.5. The molecule has 1 aromatic heterocycles. The van der Waals surface area contributed by atoms with E-state index >= 15 is 0 Å². The molecule has 0 bridgehead atoms. The van der Waals surface area contributed by atoms with Crippen molar-refractivity contribution in [3.05, 3.63) is 76.7 Å². The second kappa shape index (κ2) is 8.71. The van der Waals surface area contributed by atoms with Gasteiger partial charge in [0.15, 0.2) is 0 Å². The number of halogens is 1. The molecule has 1 heterocycles. The zero-order valence-corrected chi connectivity index (χ0v) is 16.6. The SMILES string of the molecule is COc1ccc(Nc2cc(C(=O)NC(C)c3ccccc3)nc(C)n2)cc1Cl. The van der Waals surface area contributed by atoms with Gasteiger partial charge in [-0.05, 0) is 37.6 Å². The van der Waals surface area contributed by atoms with E-state index in [1.807, 2.05) is 43.3 Å². The maximum atomic E-state index is 12.7. The third-order valence-electron chi connectivity index (χ3n) is 4.14. The summed E-state index contributed by atoms with van der Waals surface area (Å²) in [7, 11) is 1.56. The average Bonchev–Trinajstić information content (AvgIpc) is 2.68. The summed E-state index contributed by atoms with van der Waals surface area (Å²) in [6.07, 6.45) is 0. The molecule has 0 saturated carbocycles. The van der Waals surface area contributed by atoms with Gasteiger partial charge in [-0.25, -0.2) is 9.97 Å². The molecule has 144 valence electrons. The van der Waals surface area contributed by atoms with E-state index in [-0.39, 0.29) is 17.6 Å². The normalized spacial score (nSPS) is 11.6. The molecule has 2 N–H and O–H groups in total. The number of ether oxygens (including phenoxy) is 1.